The van der Waals surface area contributed by atoms with Crippen molar-refractivity contribution in [2.24, 2.45) is 0 Å². The first-order valence-corrected chi connectivity index (χ1v) is 6.20. The molecule has 0 spiro atoms. The Morgan fingerprint density at radius 1 is 1.56 bits per heavy atom. The molecule has 0 heterocycles. The molecule has 1 aromatic carbocycles. The standard InChI is InChI=1S/C12H16BrNO2/c1-8-6-10(4-5-11(8)16-3)9(2)14-12(15)7-13/h4-6,9H,7H2,1-3H3,(H,14,15)/t9-/m0/s1. The SMILES string of the molecule is COc1ccc([C@H](C)NC(=O)CBr)cc1C. The summed E-state index contributed by atoms with van der Waals surface area (Å²) in [5.41, 5.74) is 2.15. The number of benzene rings is 1. The predicted octanol–water partition coefficient (Wildman–Crippen LogP) is 2.58. The number of rotatable bonds is 4. The molecule has 4 heteroatoms. The summed E-state index contributed by atoms with van der Waals surface area (Å²) in [7, 11) is 1.65. The smallest absolute Gasteiger partial charge is 0.231 e. The van der Waals surface area contributed by atoms with Crippen LogP contribution in [0.3, 0.4) is 0 Å². The van der Waals surface area contributed by atoms with Crippen molar-refractivity contribution in [1.29, 1.82) is 0 Å². The number of carbonyl (C=O) groups is 1. The van der Waals surface area contributed by atoms with E-state index in [1.54, 1.807) is 7.11 Å². The van der Waals surface area contributed by atoms with Crippen molar-refractivity contribution in [2.75, 3.05) is 12.4 Å². The van der Waals surface area contributed by atoms with Gasteiger partial charge >= 0.3 is 0 Å². The zero-order valence-electron chi connectivity index (χ0n) is 9.71. The highest BCUT2D eigenvalue weighted by Gasteiger charge is 2.09. The number of methoxy groups -OCH3 is 1. The summed E-state index contributed by atoms with van der Waals surface area (Å²) in [6, 6.07) is 5.92. The highest BCUT2D eigenvalue weighted by Crippen LogP contribution is 2.22. The van der Waals surface area contributed by atoms with Crippen molar-refractivity contribution >= 4 is 21.8 Å². The average Bonchev–Trinajstić information content (AvgIpc) is 2.28. The van der Waals surface area contributed by atoms with E-state index in [4.69, 9.17) is 4.74 Å². The van der Waals surface area contributed by atoms with E-state index in [9.17, 15) is 4.79 Å². The minimum Gasteiger partial charge on any atom is -0.496 e. The van der Waals surface area contributed by atoms with Crippen LogP contribution in [0.2, 0.25) is 0 Å². The molecule has 0 saturated heterocycles. The number of hydrogen-bond acceptors (Lipinski definition) is 2. The van der Waals surface area contributed by atoms with Crippen LogP contribution in [0.25, 0.3) is 0 Å². The quantitative estimate of drug-likeness (QED) is 0.864. The molecular formula is C12H16BrNO2. The van der Waals surface area contributed by atoms with Crippen LogP contribution in [0.5, 0.6) is 5.75 Å². The van der Waals surface area contributed by atoms with E-state index in [0.717, 1.165) is 16.9 Å². The monoisotopic (exact) mass is 285 g/mol. The lowest BCUT2D eigenvalue weighted by atomic mass is 10.1. The number of carbonyl (C=O) groups excluding carboxylic acids is 1. The Hall–Kier alpha value is -1.03. The van der Waals surface area contributed by atoms with Gasteiger partial charge in [-0.3, -0.25) is 4.79 Å². The fraction of sp³-hybridized carbons (Fsp3) is 0.417. The molecule has 16 heavy (non-hydrogen) atoms. The summed E-state index contributed by atoms with van der Waals surface area (Å²) in [5, 5.41) is 3.21. The normalized spacial score (nSPS) is 12.0. The second kappa shape index (κ2) is 5.89. The maximum absolute atomic E-state index is 11.2. The van der Waals surface area contributed by atoms with Crippen molar-refractivity contribution in [3.05, 3.63) is 29.3 Å². The van der Waals surface area contributed by atoms with E-state index in [-0.39, 0.29) is 11.9 Å². The van der Waals surface area contributed by atoms with Crippen molar-refractivity contribution in [3.8, 4) is 5.75 Å². The summed E-state index contributed by atoms with van der Waals surface area (Å²) in [6.45, 7) is 3.95. The number of amides is 1. The maximum atomic E-state index is 11.2. The minimum absolute atomic E-state index is 0.00894. The van der Waals surface area contributed by atoms with Crippen LogP contribution in [0.4, 0.5) is 0 Å². The highest BCUT2D eigenvalue weighted by molar-refractivity contribution is 9.09. The lowest BCUT2D eigenvalue weighted by Gasteiger charge is -2.15. The first-order chi connectivity index (χ1) is 7.58. The van der Waals surface area contributed by atoms with E-state index in [1.165, 1.54) is 0 Å². The Bertz CT molecular complexity index is 379. The molecule has 1 N–H and O–H groups in total. The zero-order chi connectivity index (χ0) is 12.1. The van der Waals surface area contributed by atoms with Crippen molar-refractivity contribution in [1.82, 2.24) is 5.32 Å². The van der Waals surface area contributed by atoms with Gasteiger partial charge in [-0.15, -0.1) is 0 Å². The second-order valence-corrected chi connectivity index (χ2v) is 4.21. The van der Waals surface area contributed by atoms with Gasteiger partial charge in [-0.2, -0.15) is 0 Å². The largest absolute Gasteiger partial charge is 0.496 e. The molecule has 0 saturated carbocycles. The molecule has 1 amide bonds. The third kappa shape index (κ3) is 3.23. The molecule has 0 bridgehead atoms. The van der Waals surface area contributed by atoms with Crippen LogP contribution >= 0.6 is 15.9 Å². The van der Waals surface area contributed by atoms with E-state index in [0.29, 0.717) is 5.33 Å². The molecule has 0 fully saturated rings. The van der Waals surface area contributed by atoms with E-state index >= 15 is 0 Å². The summed E-state index contributed by atoms with van der Waals surface area (Å²) in [5.74, 6) is 0.851. The minimum atomic E-state index is -0.0130. The van der Waals surface area contributed by atoms with E-state index in [1.807, 2.05) is 32.0 Å². The molecule has 0 aromatic heterocycles. The van der Waals surface area contributed by atoms with Crippen LogP contribution in [0, 0.1) is 6.92 Å². The van der Waals surface area contributed by atoms with Crippen LogP contribution in [-0.2, 0) is 4.79 Å². The molecule has 1 rings (SSSR count). The van der Waals surface area contributed by atoms with E-state index < -0.39 is 0 Å². The third-order valence-electron chi connectivity index (χ3n) is 2.42. The van der Waals surface area contributed by atoms with Gasteiger partial charge in [0.1, 0.15) is 5.75 Å². The molecule has 3 nitrogen and oxygen atoms in total. The molecule has 0 aliphatic carbocycles. The summed E-state index contributed by atoms with van der Waals surface area (Å²) in [4.78, 5) is 11.2. The summed E-state index contributed by atoms with van der Waals surface area (Å²) in [6.07, 6.45) is 0. The van der Waals surface area contributed by atoms with Crippen LogP contribution in [-0.4, -0.2) is 18.3 Å². The summed E-state index contributed by atoms with van der Waals surface area (Å²) >= 11 is 3.12. The van der Waals surface area contributed by atoms with Gasteiger partial charge in [-0.25, -0.2) is 0 Å². The molecule has 1 aromatic rings. The Kier molecular flexibility index (Phi) is 4.80. The van der Waals surface area contributed by atoms with Gasteiger partial charge in [0.15, 0.2) is 0 Å². The molecule has 0 radical (unpaired) electrons. The first-order valence-electron chi connectivity index (χ1n) is 5.08. The lowest BCUT2D eigenvalue weighted by Crippen LogP contribution is -2.27. The number of nitrogens with one attached hydrogen (secondary N) is 1. The molecule has 88 valence electrons. The number of alkyl halides is 1. The molecule has 0 aliphatic rings. The lowest BCUT2D eigenvalue weighted by molar-refractivity contribution is -0.119. The maximum Gasteiger partial charge on any atom is 0.231 e. The zero-order valence-corrected chi connectivity index (χ0v) is 11.3. The van der Waals surface area contributed by atoms with Gasteiger partial charge in [0, 0.05) is 0 Å². The predicted molar refractivity (Wildman–Crippen MR) is 68.1 cm³/mol. The van der Waals surface area contributed by atoms with Gasteiger partial charge in [0.2, 0.25) is 5.91 Å². The Balaban J connectivity index is 2.80. The topological polar surface area (TPSA) is 38.3 Å². The number of hydrogen-bond donors (Lipinski definition) is 1. The number of ether oxygens (including phenoxy) is 1. The number of halogens is 1. The Morgan fingerprint density at radius 3 is 2.75 bits per heavy atom. The number of aryl methyl sites for hydroxylation is 1. The van der Waals surface area contributed by atoms with Crippen LogP contribution < -0.4 is 10.1 Å². The fourth-order valence-electron chi connectivity index (χ4n) is 1.53. The molecule has 0 aliphatic heterocycles. The van der Waals surface area contributed by atoms with Gasteiger partial charge in [0.25, 0.3) is 0 Å². The van der Waals surface area contributed by atoms with Gasteiger partial charge in [0.05, 0.1) is 18.5 Å². The van der Waals surface area contributed by atoms with Gasteiger partial charge in [-0.05, 0) is 31.0 Å². The molecular weight excluding hydrogens is 270 g/mol. The van der Waals surface area contributed by atoms with Crippen molar-refractivity contribution in [2.45, 2.75) is 19.9 Å². The second-order valence-electron chi connectivity index (χ2n) is 3.65. The Morgan fingerprint density at radius 2 is 2.25 bits per heavy atom. The highest BCUT2D eigenvalue weighted by atomic mass is 79.9. The van der Waals surface area contributed by atoms with Crippen molar-refractivity contribution in [3.63, 3.8) is 0 Å². The van der Waals surface area contributed by atoms with Crippen molar-refractivity contribution < 1.29 is 9.53 Å². The third-order valence-corrected chi connectivity index (χ3v) is 2.93. The molecule has 0 unspecified atom stereocenters. The van der Waals surface area contributed by atoms with Crippen LogP contribution in [0.1, 0.15) is 24.1 Å². The average molecular weight is 286 g/mol. The van der Waals surface area contributed by atoms with E-state index in [2.05, 4.69) is 21.2 Å². The fourth-order valence-corrected chi connectivity index (χ4v) is 1.70. The molecule has 1 atom stereocenters. The summed E-state index contributed by atoms with van der Waals surface area (Å²) < 4.78 is 5.19. The first kappa shape index (κ1) is 13.0. The van der Waals surface area contributed by atoms with Gasteiger partial charge in [-0.1, -0.05) is 28.1 Å². The van der Waals surface area contributed by atoms with Crippen LogP contribution in [0.15, 0.2) is 18.2 Å². The van der Waals surface area contributed by atoms with Gasteiger partial charge < -0.3 is 10.1 Å². The Labute approximate surface area is 104 Å².